The van der Waals surface area contributed by atoms with Crippen LogP contribution in [0.5, 0.6) is 0 Å². The maximum Gasteiger partial charge on any atom is 0.282 e. The maximum atomic E-state index is 12.7. The average molecular weight is 423 g/mol. The highest BCUT2D eigenvalue weighted by Gasteiger charge is 2.25. The second kappa shape index (κ2) is 9.41. The summed E-state index contributed by atoms with van der Waals surface area (Å²) in [7, 11) is 1.80. The van der Waals surface area contributed by atoms with Gasteiger partial charge in [-0.05, 0) is 51.0 Å². The van der Waals surface area contributed by atoms with Gasteiger partial charge in [0.1, 0.15) is 0 Å². The van der Waals surface area contributed by atoms with E-state index in [1.165, 1.54) is 0 Å². The molecular weight excluding hydrogens is 397 g/mol. The monoisotopic (exact) mass is 422 g/mol. The standard InChI is InChI=1S/C21H25Cl2N3O2/c1-12-9-13(2)19(14(3)10-12)25-21(28)15(4)26(5)11-18(27)24-20-16(22)7-6-8-17(20)23/h6-10,15H,11H2,1-5H3,(H,24,27)(H,25,28)/p+1/t15-/m1/s1. The van der Waals surface area contributed by atoms with Gasteiger partial charge >= 0.3 is 0 Å². The topological polar surface area (TPSA) is 62.6 Å². The molecule has 2 rings (SSSR count). The first-order chi connectivity index (χ1) is 13.1. The predicted molar refractivity (Wildman–Crippen MR) is 116 cm³/mol. The molecule has 0 aliphatic carbocycles. The van der Waals surface area contributed by atoms with Crippen LogP contribution in [0.2, 0.25) is 10.0 Å². The lowest BCUT2D eigenvalue weighted by Crippen LogP contribution is -3.14. The third-order valence-electron chi connectivity index (χ3n) is 4.72. The quantitative estimate of drug-likeness (QED) is 0.667. The number of para-hydroxylation sites is 1. The van der Waals surface area contributed by atoms with Gasteiger partial charge in [-0.2, -0.15) is 0 Å². The molecule has 0 saturated carbocycles. The molecule has 0 aliphatic heterocycles. The third-order valence-corrected chi connectivity index (χ3v) is 5.35. The number of carbonyl (C=O) groups is 2. The molecular formula is C21H26Cl2N3O2+. The molecule has 28 heavy (non-hydrogen) atoms. The molecule has 3 N–H and O–H groups in total. The van der Waals surface area contributed by atoms with Gasteiger partial charge in [0.2, 0.25) is 0 Å². The van der Waals surface area contributed by atoms with E-state index in [2.05, 4.69) is 10.6 Å². The highest BCUT2D eigenvalue weighted by atomic mass is 35.5. The summed E-state index contributed by atoms with van der Waals surface area (Å²) in [5.41, 5.74) is 4.39. The third kappa shape index (κ3) is 5.47. The summed E-state index contributed by atoms with van der Waals surface area (Å²) in [6, 6.07) is 8.66. The number of likely N-dealkylation sites (N-methyl/N-ethyl adjacent to an activating group) is 1. The van der Waals surface area contributed by atoms with E-state index in [4.69, 9.17) is 23.2 Å². The Labute approximate surface area is 176 Å². The molecule has 2 atom stereocenters. The summed E-state index contributed by atoms with van der Waals surface area (Å²) in [5, 5.41) is 6.46. The number of nitrogens with one attached hydrogen (secondary N) is 3. The molecule has 0 aromatic heterocycles. The van der Waals surface area contributed by atoms with E-state index < -0.39 is 6.04 Å². The average Bonchev–Trinajstić information content (AvgIpc) is 2.60. The number of benzene rings is 2. The highest BCUT2D eigenvalue weighted by Crippen LogP contribution is 2.29. The molecule has 5 nitrogen and oxygen atoms in total. The van der Waals surface area contributed by atoms with Gasteiger partial charge in [0, 0.05) is 5.69 Å². The number of aryl methyl sites for hydroxylation is 3. The number of rotatable bonds is 6. The number of hydrogen-bond acceptors (Lipinski definition) is 2. The van der Waals surface area contributed by atoms with Crippen molar-refractivity contribution < 1.29 is 14.5 Å². The second-order valence-corrected chi connectivity index (χ2v) is 7.97. The minimum atomic E-state index is -0.424. The van der Waals surface area contributed by atoms with Gasteiger partial charge in [0.05, 0.1) is 22.8 Å². The second-order valence-electron chi connectivity index (χ2n) is 7.15. The van der Waals surface area contributed by atoms with Crippen LogP contribution in [-0.2, 0) is 9.59 Å². The highest BCUT2D eigenvalue weighted by molar-refractivity contribution is 6.39. The Kier molecular flexibility index (Phi) is 7.47. The number of carbonyl (C=O) groups excluding carboxylic acids is 2. The van der Waals surface area contributed by atoms with Gasteiger partial charge in [-0.25, -0.2) is 0 Å². The Morgan fingerprint density at radius 1 is 1.00 bits per heavy atom. The molecule has 150 valence electrons. The number of anilines is 2. The lowest BCUT2D eigenvalue weighted by molar-refractivity contribution is -0.885. The van der Waals surface area contributed by atoms with Crippen LogP contribution in [0, 0.1) is 20.8 Å². The van der Waals surface area contributed by atoms with Crippen molar-refractivity contribution >= 4 is 46.4 Å². The van der Waals surface area contributed by atoms with Crippen molar-refractivity contribution in [3.8, 4) is 0 Å². The van der Waals surface area contributed by atoms with Crippen LogP contribution in [0.1, 0.15) is 23.6 Å². The largest absolute Gasteiger partial charge is 0.320 e. The Balaban J connectivity index is 2.01. The molecule has 0 saturated heterocycles. The van der Waals surface area contributed by atoms with Crippen LogP contribution < -0.4 is 15.5 Å². The fraction of sp³-hybridized carbons (Fsp3) is 0.333. The Morgan fingerprint density at radius 3 is 2.07 bits per heavy atom. The van der Waals surface area contributed by atoms with Crippen molar-refractivity contribution in [2.24, 2.45) is 0 Å². The molecule has 0 fully saturated rings. The van der Waals surface area contributed by atoms with Gasteiger partial charge < -0.3 is 15.5 Å². The first kappa shape index (κ1) is 22.2. The van der Waals surface area contributed by atoms with Crippen molar-refractivity contribution in [2.45, 2.75) is 33.7 Å². The van der Waals surface area contributed by atoms with E-state index in [9.17, 15) is 9.59 Å². The zero-order chi connectivity index (χ0) is 21.0. The molecule has 1 unspecified atom stereocenters. The van der Waals surface area contributed by atoms with Crippen molar-refractivity contribution in [3.63, 3.8) is 0 Å². The van der Waals surface area contributed by atoms with Gasteiger partial charge in [0.25, 0.3) is 11.8 Å². The molecule has 0 aliphatic rings. The van der Waals surface area contributed by atoms with Crippen LogP contribution in [-0.4, -0.2) is 31.4 Å². The Hall–Kier alpha value is -2.08. The van der Waals surface area contributed by atoms with E-state index in [1.54, 1.807) is 32.2 Å². The zero-order valence-corrected chi connectivity index (χ0v) is 18.3. The van der Waals surface area contributed by atoms with Gasteiger partial charge in [-0.1, -0.05) is 47.0 Å². The van der Waals surface area contributed by atoms with Crippen LogP contribution in [0.25, 0.3) is 0 Å². The first-order valence-electron chi connectivity index (χ1n) is 9.05. The minimum Gasteiger partial charge on any atom is -0.320 e. The summed E-state index contributed by atoms with van der Waals surface area (Å²) in [6.07, 6.45) is 0. The molecule has 0 heterocycles. The van der Waals surface area contributed by atoms with Crippen LogP contribution in [0.3, 0.4) is 0 Å². The molecule has 2 aromatic carbocycles. The molecule has 0 bridgehead atoms. The van der Waals surface area contributed by atoms with E-state index in [1.807, 2.05) is 32.9 Å². The fourth-order valence-corrected chi connectivity index (χ4v) is 3.53. The van der Waals surface area contributed by atoms with E-state index in [0.29, 0.717) is 15.7 Å². The molecule has 0 radical (unpaired) electrons. The Morgan fingerprint density at radius 2 is 1.54 bits per heavy atom. The number of hydrogen-bond donors (Lipinski definition) is 3. The van der Waals surface area contributed by atoms with Crippen molar-refractivity contribution in [1.29, 1.82) is 0 Å². The molecule has 0 spiro atoms. The van der Waals surface area contributed by atoms with Crippen molar-refractivity contribution in [1.82, 2.24) is 0 Å². The SMILES string of the molecule is Cc1cc(C)c(NC(=O)[C@@H](C)[NH+](C)CC(=O)Nc2c(Cl)cccc2Cl)c(C)c1. The fourth-order valence-electron chi connectivity index (χ4n) is 3.04. The predicted octanol–water partition coefficient (Wildman–Crippen LogP) is 3.40. The minimum absolute atomic E-state index is 0.0992. The van der Waals surface area contributed by atoms with E-state index in [-0.39, 0.29) is 18.4 Å². The smallest absolute Gasteiger partial charge is 0.282 e. The number of halogens is 2. The van der Waals surface area contributed by atoms with Gasteiger partial charge in [0.15, 0.2) is 12.6 Å². The summed E-state index contributed by atoms with van der Waals surface area (Å²) in [4.78, 5) is 25.8. The summed E-state index contributed by atoms with van der Waals surface area (Å²) in [5.74, 6) is -0.411. The summed E-state index contributed by atoms with van der Waals surface area (Å²) in [6.45, 7) is 7.85. The summed E-state index contributed by atoms with van der Waals surface area (Å²) < 4.78 is 0. The van der Waals surface area contributed by atoms with Crippen molar-refractivity contribution in [2.75, 3.05) is 24.2 Å². The molecule has 2 amide bonds. The number of quaternary nitrogens is 1. The van der Waals surface area contributed by atoms with E-state index >= 15 is 0 Å². The molecule has 7 heteroatoms. The number of amides is 2. The van der Waals surface area contributed by atoms with Crippen LogP contribution in [0.4, 0.5) is 11.4 Å². The lowest BCUT2D eigenvalue weighted by atomic mass is 10.0. The van der Waals surface area contributed by atoms with Crippen molar-refractivity contribution in [3.05, 3.63) is 57.1 Å². The summed E-state index contributed by atoms with van der Waals surface area (Å²) >= 11 is 12.2. The van der Waals surface area contributed by atoms with Gasteiger partial charge in [-0.3, -0.25) is 9.59 Å². The molecule has 2 aromatic rings. The maximum absolute atomic E-state index is 12.7. The normalized spacial score (nSPS) is 13.0. The Bertz CT molecular complexity index is 856. The first-order valence-corrected chi connectivity index (χ1v) is 9.80. The lowest BCUT2D eigenvalue weighted by Gasteiger charge is -2.22. The van der Waals surface area contributed by atoms with E-state index in [0.717, 1.165) is 27.3 Å². The van der Waals surface area contributed by atoms with Crippen LogP contribution >= 0.6 is 23.2 Å². The zero-order valence-electron chi connectivity index (χ0n) is 16.7. The van der Waals surface area contributed by atoms with Gasteiger partial charge in [-0.15, -0.1) is 0 Å². The van der Waals surface area contributed by atoms with Crippen LogP contribution in [0.15, 0.2) is 30.3 Å².